The molecule has 0 aliphatic heterocycles. The molecule has 0 spiro atoms. The van der Waals surface area contributed by atoms with Gasteiger partial charge in [-0.25, -0.2) is 0 Å². The molecule has 0 aliphatic carbocycles. The third kappa shape index (κ3) is 7.99. The summed E-state index contributed by atoms with van der Waals surface area (Å²) in [6, 6.07) is 0. The molecule has 0 aromatic rings. The standard InChI is InChI=1S/C27H33O12P.CO.Rh.H/c1-13(28)25(14(2)29,15(3)30)22(37)10-40(11-23(38)26(16(4)31,17(5)32)18(6)33)12-24(39)27(19(7)34,20(8)35)21(9)36;1-2;;/h10-12H2,1-9H3;;;. The zero-order valence-electron chi connectivity index (χ0n) is 25.2. The Bertz CT molecular complexity index is 1090. The van der Waals surface area contributed by atoms with E-state index < -0.39 is 112 Å². The van der Waals surface area contributed by atoms with Gasteiger partial charge < -0.3 is 0 Å². The molecule has 0 aromatic heterocycles. The van der Waals surface area contributed by atoms with E-state index in [-0.39, 0.29) is 0 Å². The molecule has 238 valence electrons. The minimum absolute atomic E-state index is 0.817. The van der Waals surface area contributed by atoms with Gasteiger partial charge in [0.05, 0.1) is 0 Å². The van der Waals surface area contributed by atoms with Gasteiger partial charge in [-0.15, -0.1) is 0 Å². The molecule has 0 unspecified atom stereocenters. The summed E-state index contributed by atoms with van der Waals surface area (Å²) in [5.74, 6) is -14.1. The maximum atomic E-state index is 13.4. The van der Waals surface area contributed by atoms with E-state index in [1.54, 1.807) is 17.9 Å². The summed E-state index contributed by atoms with van der Waals surface area (Å²) in [6.45, 7) is 7.36. The van der Waals surface area contributed by atoms with E-state index in [2.05, 4.69) is 0 Å². The molecule has 0 saturated carbocycles. The fraction of sp³-hybridized carbons (Fsp3) is 0.536. The Labute approximate surface area is 258 Å². The van der Waals surface area contributed by atoms with E-state index in [0.29, 0.717) is 0 Å². The van der Waals surface area contributed by atoms with Crippen molar-refractivity contribution < 1.29 is 80.2 Å². The van der Waals surface area contributed by atoms with Crippen LogP contribution in [0.5, 0.6) is 0 Å². The second-order valence-electron chi connectivity index (χ2n) is 9.74. The summed E-state index contributed by atoms with van der Waals surface area (Å²) in [5, 5.41) is 0. The van der Waals surface area contributed by atoms with Crippen molar-refractivity contribution in [2.45, 2.75) is 62.3 Å². The summed E-state index contributed by atoms with van der Waals surface area (Å²) in [6.07, 6.45) is -2.92. The average Bonchev–Trinajstić information content (AvgIpc) is 2.78. The number of hydrogen-bond acceptors (Lipinski definition) is 13. The molecular weight excluding hydrogens is 678 g/mol. The van der Waals surface area contributed by atoms with E-state index in [1.807, 2.05) is 0 Å². The summed E-state index contributed by atoms with van der Waals surface area (Å²) in [5.41, 5.74) is -8.36. The van der Waals surface area contributed by atoms with E-state index in [9.17, 15) is 57.5 Å². The molecule has 0 rings (SSSR count). The maximum absolute atomic E-state index is 13.4. The van der Waals surface area contributed by atoms with Gasteiger partial charge in [0.1, 0.15) is 0 Å². The molecule has 0 N–H and O–H groups in total. The summed E-state index contributed by atoms with van der Waals surface area (Å²) in [4.78, 5) is 161. The van der Waals surface area contributed by atoms with Gasteiger partial charge in [-0.2, -0.15) is 0 Å². The Morgan fingerprint density at radius 1 is 0.419 bits per heavy atom. The van der Waals surface area contributed by atoms with Gasteiger partial charge in [0.15, 0.2) is 69.4 Å². The normalized spacial score (nSPS) is 11.3. The topological polar surface area (TPSA) is 222 Å². The Morgan fingerprint density at radius 2 is 0.535 bits per heavy atom. The molecule has 43 heavy (non-hydrogen) atoms. The molecule has 0 bridgehead atoms. The summed E-state index contributed by atoms with van der Waals surface area (Å²) >= 11 is 1.70. The fourth-order valence-electron chi connectivity index (χ4n) is 5.13. The van der Waals surface area contributed by atoms with Gasteiger partial charge in [-0.05, 0) is 62.3 Å². The van der Waals surface area contributed by atoms with Crippen LogP contribution >= 0.6 is 7.92 Å². The number of hydrogen-bond donors (Lipinski definition) is 0. The first kappa shape index (κ1) is 41.8. The van der Waals surface area contributed by atoms with Crippen molar-refractivity contribution in [1.29, 1.82) is 0 Å². The van der Waals surface area contributed by atoms with Crippen LogP contribution in [-0.4, -0.2) is 92.4 Å². The van der Waals surface area contributed by atoms with Crippen molar-refractivity contribution in [3.63, 3.8) is 0 Å². The van der Waals surface area contributed by atoms with E-state index in [4.69, 9.17) is 4.79 Å². The molecule has 0 aliphatic rings. The first-order chi connectivity index (χ1) is 19.5. The second kappa shape index (κ2) is 16.5. The molecule has 0 fully saturated rings. The molecule has 0 amide bonds. The Hall–Kier alpha value is -3.33. The van der Waals surface area contributed by atoms with Crippen LogP contribution in [0.4, 0.5) is 0 Å². The zero-order chi connectivity index (χ0) is 34.8. The van der Waals surface area contributed by atoms with Crippen LogP contribution < -0.4 is 0 Å². The Kier molecular flexibility index (Phi) is 16.0. The van der Waals surface area contributed by atoms with Gasteiger partial charge in [0, 0.05) is 18.5 Å². The quantitative estimate of drug-likeness (QED) is 0.102. The van der Waals surface area contributed by atoms with Crippen LogP contribution in [0, 0.1) is 16.2 Å². The predicted octanol–water partition coefficient (Wildman–Crippen LogP) is -0.231. The Balaban J connectivity index is 0. The van der Waals surface area contributed by atoms with Crippen LogP contribution in [0.15, 0.2) is 0 Å². The minimum atomic E-state index is -2.79. The van der Waals surface area contributed by atoms with Gasteiger partial charge >= 0.3 is 27.1 Å². The van der Waals surface area contributed by atoms with Crippen molar-refractivity contribution in [1.82, 2.24) is 0 Å². The summed E-state index contributed by atoms with van der Waals surface area (Å²) in [7, 11) is -2.51. The van der Waals surface area contributed by atoms with Gasteiger partial charge in [0.25, 0.3) is 0 Å². The Morgan fingerprint density at radius 3 is 0.628 bits per heavy atom. The molecule has 0 saturated heterocycles. The van der Waals surface area contributed by atoms with E-state index >= 15 is 0 Å². The molecule has 0 radical (unpaired) electrons. The molecule has 0 heterocycles. The van der Waals surface area contributed by atoms with Crippen LogP contribution in [0.25, 0.3) is 0 Å². The SMILES string of the molecule is CC(=O)C(C(C)=O)(C(C)=O)C(=O)CP(CC(=O)C(C(C)=O)(C(C)=O)C(C)=O)CC(=O)C(C(C)=O)(C(C)=O)C(C)=O.O=[C]=[RhH]. The van der Waals surface area contributed by atoms with Crippen molar-refractivity contribution in [2.24, 2.45) is 16.2 Å². The monoisotopic (exact) mass is 712 g/mol. The average molecular weight is 712 g/mol. The molecular formula is C28H34O13PRh. The number of rotatable bonds is 18. The van der Waals surface area contributed by atoms with Gasteiger partial charge in [0.2, 0.25) is 16.2 Å². The van der Waals surface area contributed by atoms with Crippen LogP contribution in [-0.2, 0) is 80.2 Å². The zero-order valence-corrected chi connectivity index (χ0v) is 27.9. The molecule has 0 atom stereocenters. The third-order valence-corrected chi connectivity index (χ3v) is 9.31. The van der Waals surface area contributed by atoms with E-state index in [1.165, 1.54) is 4.47 Å². The summed E-state index contributed by atoms with van der Waals surface area (Å²) < 4.78 is 1.43. The van der Waals surface area contributed by atoms with E-state index in [0.717, 1.165) is 62.3 Å². The third-order valence-electron chi connectivity index (χ3n) is 7.11. The molecule has 15 heteroatoms. The first-order valence-electron chi connectivity index (χ1n) is 12.3. The number of ketones is 12. The predicted molar refractivity (Wildman–Crippen MR) is 147 cm³/mol. The van der Waals surface area contributed by atoms with Crippen molar-refractivity contribution in [3.8, 4) is 0 Å². The van der Waals surface area contributed by atoms with Crippen LogP contribution in [0.2, 0.25) is 0 Å². The van der Waals surface area contributed by atoms with Crippen LogP contribution in [0.3, 0.4) is 0 Å². The van der Waals surface area contributed by atoms with Gasteiger partial charge in [-0.1, -0.05) is 7.92 Å². The van der Waals surface area contributed by atoms with Crippen molar-refractivity contribution >= 4 is 81.8 Å². The fourth-order valence-corrected chi connectivity index (χ4v) is 7.40. The first-order valence-corrected chi connectivity index (χ1v) is 15.1. The van der Waals surface area contributed by atoms with Crippen molar-refractivity contribution in [2.75, 3.05) is 18.5 Å². The van der Waals surface area contributed by atoms with Gasteiger partial charge in [-0.3, -0.25) is 57.5 Å². The van der Waals surface area contributed by atoms with Crippen LogP contribution in [0.1, 0.15) is 62.3 Å². The number of Topliss-reactive ketones (excluding diaryl/α,β-unsaturated/α-hetero) is 12. The number of carbonyl (C=O) groups is 12. The second-order valence-corrected chi connectivity index (χ2v) is 12.4. The molecule has 13 nitrogen and oxygen atoms in total. The molecule has 0 aromatic carbocycles. The van der Waals surface area contributed by atoms with Crippen molar-refractivity contribution in [3.05, 3.63) is 0 Å². The number of carbonyl (C=O) groups excluding carboxylic acids is 13.